The van der Waals surface area contributed by atoms with Gasteiger partial charge >= 0.3 is 6.03 Å². The van der Waals surface area contributed by atoms with Crippen molar-refractivity contribution in [2.45, 2.75) is 31.3 Å². The van der Waals surface area contributed by atoms with E-state index in [1.54, 1.807) is 24.4 Å². The number of halogens is 2. The van der Waals surface area contributed by atoms with Gasteiger partial charge in [0.1, 0.15) is 0 Å². The predicted octanol–water partition coefficient (Wildman–Crippen LogP) is 4.22. The van der Waals surface area contributed by atoms with Gasteiger partial charge in [-0.2, -0.15) is 0 Å². The van der Waals surface area contributed by atoms with Crippen LogP contribution >= 0.6 is 23.2 Å². The van der Waals surface area contributed by atoms with E-state index in [9.17, 15) is 4.79 Å². The van der Waals surface area contributed by atoms with Crippen molar-refractivity contribution >= 4 is 34.9 Å². The Morgan fingerprint density at radius 1 is 1.19 bits per heavy atom. The van der Waals surface area contributed by atoms with Crippen molar-refractivity contribution in [3.8, 4) is 0 Å². The van der Waals surface area contributed by atoms with E-state index in [2.05, 4.69) is 26.6 Å². The number of urea groups is 1. The van der Waals surface area contributed by atoms with Gasteiger partial charge in [0.2, 0.25) is 0 Å². The SMILES string of the molecule is O=C(Nc1ccc(Cl)c(Cl)c1)N[C@@H]1C2CCN(CC2)[C@@H]1Cc1cccnc1. The molecule has 2 N–H and O–H groups in total. The highest BCUT2D eigenvalue weighted by molar-refractivity contribution is 6.42. The van der Waals surface area contributed by atoms with Gasteiger partial charge in [-0.25, -0.2) is 4.79 Å². The molecule has 5 rings (SSSR count). The molecule has 2 atom stereocenters. The highest BCUT2D eigenvalue weighted by Gasteiger charge is 2.42. The number of pyridine rings is 1. The fourth-order valence-electron chi connectivity index (χ4n) is 4.27. The molecule has 3 aliphatic rings. The lowest BCUT2D eigenvalue weighted by atomic mass is 9.77. The molecule has 3 fully saturated rings. The summed E-state index contributed by atoms with van der Waals surface area (Å²) in [6, 6.07) is 9.36. The van der Waals surface area contributed by atoms with Gasteiger partial charge in [0, 0.05) is 30.2 Å². The van der Waals surface area contributed by atoms with Gasteiger partial charge in [-0.3, -0.25) is 9.88 Å². The van der Waals surface area contributed by atoms with Crippen LogP contribution < -0.4 is 10.6 Å². The monoisotopic (exact) mass is 404 g/mol. The molecule has 1 aromatic heterocycles. The Morgan fingerprint density at radius 3 is 2.70 bits per heavy atom. The van der Waals surface area contributed by atoms with Gasteiger partial charge in [0.15, 0.2) is 0 Å². The minimum atomic E-state index is -0.205. The second kappa shape index (κ2) is 8.05. The number of anilines is 1. The summed E-state index contributed by atoms with van der Waals surface area (Å²) in [7, 11) is 0. The Hall–Kier alpha value is -1.82. The van der Waals surface area contributed by atoms with Crippen molar-refractivity contribution in [1.29, 1.82) is 0 Å². The van der Waals surface area contributed by atoms with E-state index in [1.807, 2.05) is 12.3 Å². The van der Waals surface area contributed by atoms with Crippen molar-refractivity contribution < 1.29 is 4.79 Å². The van der Waals surface area contributed by atoms with Gasteiger partial charge in [0.25, 0.3) is 0 Å². The molecule has 0 spiro atoms. The normalized spacial score (nSPS) is 26.6. The van der Waals surface area contributed by atoms with Crippen molar-refractivity contribution in [2.75, 3.05) is 18.4 Å². The lowest BCUT2D eigenvalue weighted by Crippen LogP contribution is -2.64. The van der Waals surface area contributed by atoms with Crippen LogP contribution in [0.5, 0.6) is 0 Å². The van der Waals surface area contributed by atoms with Gasteiger partial charge in [0.05, 0.1) is 10.0 Å². The van der Waals surface area contributed by atoms with Crippen LogP contribution in [0.1, 0.15) is 18.4 Å². The molecule has 0 radical (unpaired) electrons. The maximum absolute atomic E-state index is 12.6. The quantitative estimate of drug-likeness (QED) is 0.801. The van der Waals surface area contributed by atoms with Crippen LogP contribution in [0, 0.1) is 5.92 Å². The van der Waals surface area contributed by atoms with Gasteiger partial charge in [-0.15, -0.1) is 0 Å². The van der Waals surface area contributed by atoms with Crippen LogP contribution in [-0.2, 0) is 6.42 Å². The number of nitrogens with one attached hydrogen (secondary N) is 2. The number of aromatic nitrogens is 1. The summed E-state index contributed by atoms with van der Waals surface area (Å²) < 4.78 is 0. The molecule has 3 saturated heterocycles. The van der Waals surface area contributed by atoms with E-state index < -0.39 is 0 Å². The minimum absolute atomic E-state index is 0.121. The summed E-state index contributed by atoms with van der Waals surface area (Å²) in [5.41, 5.74) is 1.83. The van der Waals surface area contributed by atoms with E-state index in [-0.39, 0.29) is 12.1 Å². The first-order valence-corrected chi connectivity index (χ1v) is 10.0. The van der Waals surface area contributed by atoms with Crippen LogP contribution in [0.25, 0.3) is 0 Å². The van der Waals surface area contributed by atoms with Gasteiger partial charge in [-0.05, 0) is 68.1 Å². The summed E-state index contributed by atoms with van der Waals surface area (Å²) in [6.45, 7) is 2.20. The highest BCUT2D eigenvalue weighted by Crippen LogP contribution is 2.34. The molecule has 0 saturated carbocycles. The molecule has 7 heteroatoms. The molecule has 5 nitrogen and oxygen atoms in total. The average Bonchev–Trinajstić information content (AvgIpc) is 2.68. The van der Waals surface area contributed by atoms with Gasteiger partial charge < -0.3 is 10.6 Å². The molecule has 0 unspecified atom stereocenters. The number of carbonyl (C=O) groups is 1. The zero-order valence-corrected chi connectivity index (χ0v) is 16.4. The molecule has 27 heavy (non-hydrogen) atoms. The second-order valence-corrected chi connectivity index (χ2v) is 8.07. The molecular weight excluding hydrogens is 383 g/mol. The lowest BCUT2D eigenvalue weighted by Gasteiger charge is -2.51. The summed E-state index contributed by atoms with van der Waals surface area (Å²) in [5, 5.41) is 6.98. The van der Waals surface area contributed by atoms with Crippen molar-refractivity contribution in [3.05, 3.63) is 58.3 Å². The predicted molar refractivity (Wildman–Crippen MR) is 108 cm³/mol. The Balaban J connectivity index is 1.46. The summed E-state index contributed by atoms with van der Waals surface area (Å²) in [5.74, 6) is 0.510. The van der Waals surface area contributed by atoms with Crippen LogP contribution in [0.3, 0.4) is 0 Å². The van der Waals surface area contributed by atoms with Crippen molar-refractivity contribution in [1.82, 2.24) is 15.2 Å². The lowest BCUT2D eigenvalue weighted by molar-refractivity contribution is 0.0184. The number of hydrogen-bond donors (Lipinski definition) is 2. The molecular formula is C20H22Cl2N4O. The van der Waals surface area contributed by atoms with E-state index >= 15 is 0 Å². The number of benzene rings is 1. The third kappa shape index (κ3) is 4.21. The van der Waals surface area contributed by atoms with Crippen LogP contribution in [0.2, 0.25) is 10.0 Å². The second-order valence-electron chi connectivity index (χ2n) is 7.26. The minimum Gasteiger partial charge on any atom is -0.333 e. The Morgan fingerprint density at radius 2 is 2.00 bits per heavy atom. The van der Waals surface area contributed by atoms with Gasteiger partial charge in [-0.1, -0.05) is 29.3 Å². The number of amides is 2. The number of piperidine rings is 3. The molecule has 4 heterocycles. The highest BCUT2D eigenvalue weighted by atomic mass is 35.5. The molecule has 1 aromatic carbocycles. The summed E-state index contributed by atoms with van der Waals surface area (Å²) in [4.78, 5) is 19.3. The Bertz CT molecular complexity index is 809. The molecule has 2 aromatic rings. The zero-order valence-electron chi connectivity index (χ0n) is 14.9. The largest absolute Gasteiger partial charge is 0.333 e. The average molecular weight is 405 g/mol. The summed E-state index contributed by atoms with van der Waals surface area (Å²) in [6.07, 6.45) is 6.85. The fourth-order valence-corrected chi connectivity index (χ4v) is 4.57. The maximum atomic E-state index is 12.6. The molecule has 2 bridgehead atoms. The first kappa shape index (κ1) is 18.5. The van der Waals surface area contributed by atoms with Crippen LogP contribution in [-0.4, -0.2) is 41.1 Å². The van der Waals surface area contributed by atoms with E-state index in [0.29, 0.717) is 27.7 Å². The Kier molecular flexibility index (Phi) is 5.53. The molecule has 2 amide bonds. The van der Waals surface area contributed by atoms with Crippen LogP contribution in [0.15, 0.2) is 42.7 Å². The van der Waals surface area contributed by atoms with Crippen LogP contribution in [0.4, 0.5) is 10.5 Å². The third-order valence-corrected chi connectivity index (χ3v) is 6.35. The number of fused-ring (bicyclic) bond motifs is 3. The smallest absolute Gasteiger partial charge is 0.319 e. The molecule has 0 aliphatic carbocycles. The zero-order chi connectivity index (χ0) is 18.8. The number of nitrogens with zero attached hydrogens (tertiary/aromatic N) is 2. The van der Waals surface area contributed by atoms with Crippen molar-refractivity contribution in [2.24, 2.45) is 5.92 Å². The number of rotatable bonds is 4. The standard InChI is InChI=1S/C20H22Cl2N4O/c21-16-4-3-15(11-17(16)22)24-20(27)25-19-14-5-8-26(9-6-14)18(19)10-13-2-1-7-23-12-13/h1-4,7,11-12,14,18-19H,5-6,8-10H2,(H2,24,25,27)/t18-,19-/m1/s1. The first-order valence-electron chi connectivity index (χ1n) is 9.25. The molecule has 3 aliphatic heterocycles. The summed E-state index contributed by atoms with van der Waals surface area (Å²) >= 11 is 12.0. The van der Waals surface area contributed by atoms with Crippen molar-refractivity contribution in [3.63, 3.8) is 0 Å². The van der Waals surface area contributed by atoms with E-state index in [1.165, 1.54) is 5.56 Å². The maximum Gasteiger partial charge on any atom is 0.319 e. The Labute approximate surface area is 169 Å². The molecule has 142 valence electrons. The van der Waals surface area contributed by atoms with E-state index in [4.69, 9.17) is 23.2 Å². The fraction of sp³-hybridized carbons (Fsp3) is 0.400. The van der Waals surface area contributed by atoms with E-state index in [0.717, 1.165) is 32.4 Å². The number of carbonyl (C=O) groups excluding carboxylic acids is 1. The first-order chi connectivity index (χ1) is 13.1. The topological polar surface area (TPSA) is 57.3 Å². The number of hydrogen-bond acceptors (Lipinski definition) is 3. The third-order valence-electron chi connectivity index (χ3n) is 5.61.